The SMILES string of the molecule is CCCN(CCC)Cn1c(O)c(N=NC(=O)CO/N=C/c2ccccc2)c2cc(Br)ccc21. The number of azo groups is 1. The summed E-state index contributed by atoms with van der Waals surface area (Å²) in [5, 5.41) is 23.2. The van der Waals surface area contributed by atoms with Crippen LogP contribution in [-0.2, 0) is 16.3 Å². The van der Waals surface area contributed by atoms with Crippen LogP contribution in [0.1, 0.15) is 32.3 Å². The third-order valence-electron chi connectivity index (χ3n) is 4.92. The second-order valence-corrected chi connectivity index (χ2v) is 8.45. The molecule has 3 rings (SSSR count). The molecule has 0 aliphatic carbocycles. The van der Waals surface area contributed by atoms with Crippen molar-refractivity contribution in [2.24, 2.45) is 15.4 Å². The Morgan fingerprint density at radius 1 is 1.15 bits per heavy atom. The van der Waals surface area contributed by atoms with Gasteiger partial charge in [-0.3, -0.25) is 14.3 Å². The first-order valence-corrected chi connectivity index (χ1v) is 11.7. The topological polar surface area (TPSA) is 91.8 Å². The second-order valence-electron chi connectivity index (χ2n) is 7.53. The molecule has 0 saturated carbocycles. The Morgan fingerprint density at radius 2 is 1.88 bits per heavy atom. The maximum absolute atomic E-state index is 12.1. The van der Waals surface area contributed by atoms with E-state index >= 15 is 0 Å². The lowest BCUT2D eigenvalue weighted by molar-refractivity contribution is -0.122. The van der Waals surface area contributed by atoms with Crippen LogP contribution in [0, 0.1) is 0 Å². The molecule has 0 bridgehead atoms. The molecular weight excluding hydrogens is 486 g/mol. The van der Waals surface area contributed by atoms with Gasteiger partial charge in [-0.25, -0.2) is 0 Å². The predicted octanol–water partition coefficient (Wildman–Crippen LogP) is 5.85. The number of amides is 1. The van der Waals surface area contributed by atoms with Crippen molar-refractivity contribution in [3.05, 3.63) is 58.6 Å². The molecule has 2 aromatic carbocycles. The molecular formula is C24H28BrN5O3. The van der Waals surface area contributed by atoms with Crippen molar-refractivity contribution < 1.29 is 14.7 Å². The van der Waals surface area contributed by atoms with Crippen molar-refractivity contribution in [2.75, 3.05) is 19.7 Å². The van der Waals surface area contributed by atoms with Gasteiger partial charge in [-0.15, -0.1) is 10.2 Å². The van der Waals surface area contributed by atoms with E-state index in [1.54, 1.807) is 4.57 Å². The van der Waals surface area contributed by atoms with E-state index in [0.29, 0.717) is 12.1 Å². The molecule has 0 fully saturated rings. The van der Waals surface area contributed by atoms with Gasteiger partial charge in [0.2, 0.25) is 5.88 Å². The van der Waals surface area contributed by atoms with Crippen LogP contribution in [0.3, 0.4) is 0 Å². The third kappa shape index (κ3) is 6.72. The van der Waals surface area contributed by atoms with Gasteiger partial charge in [-0.05, 0) is 49.7 Å². The highest BCUT2D eigenvalue weighted by molar-refractivity contribution is 9.10. The van der Waals surface area contributed by atoms with Gasteiger partial charge in [0.15, 0.2) is 12.3 Å². The number of aromatic hydroxyl groups is 1. The lowest BCUT2D eigenvalue weighted by Gasteiger charge is -2.22. The fourth-order valence-electron chi connectivity index (χ4n) is 3.49. The Labute approximate surface area is 201 Å². The number of rotatable bonds is 11. The minimum Gasteiger partial charge on any atom is -0.493 e. The van der Waals surface area contributed by atoms with Gasteiger partial charge >= 0.3 is 5.91 Å². The van der Waals surface area contributed by atoms with E-state index < -0.39 is 5.91 Å². The van der Waals surface area contributed by atoms with Gasteiger partial charge < -0.3 is 9.94 Å². The Kier molecular flexibility index (Phi) is 9.14. The Balaban J connectivity index is 1.76. The zero-order valence-electron chi connectivity index (χ0n) is 18.8. The molecule has 174 valence electrons. The number of aromatic nitrogens is 1. The summed E-state index contributed by atoms with van der Waals surface area (Å²) in [6, 6.07) is 15.1. The van der Waals surface area contributed by atoms with Gasteiger partial charge in [-0.1, -0.05) is 65.3 Å². The average molecular weight is 514 g/mol. The van der Waals surface area contributed by atoms with E-state index in [0.717, 1.165) is 41.5 Å². The smallest absolute Gasteiger partial charge is 0.304 e. The first-order chi connectivity index (χ1) is 16.0. The van der Waals surface area contributed by atoms with Crippen molar-refractivity contribution in [1.29, 1.82) is 0 Å². The number of oxime groups is 1. The monoisotopic (exact) mass is 513 g/mol. The lowest BCUT2D eigenvalue weighted by atomic mass is 10.2. The van der Waals surface area contributed by atoms with Gasteiger partial charge in [0, 0.05) is 9.86 Å². The fraction of sp³-hybridized carbons (Fsp3) is 0.333. The normalized spacial score (nSPS) is 11.9. The minimum absolute atomic E-state index is 0.0279. The highest BCUT2D eigenvalue weighted by Gasteiger charge is 2.19. The highest BCUT2D eigenvalue weighted by atomic mass is 79.9. The predicted molar refractivity (Wildman–Crippen MR) is 133 cm³/mol. The standard InChI is InChI=1S/C24H28BrN5O3/c1-3-12-29(13-4-2)17-30-21-11-10-19(25)14-20(21)23(24(30)32)28-27-22(31)16-33-26-15-18-8-6-5-7-9-18/h5-11,14-15,32H,3-4,12-13,16-17H2,1-2H3/b26-15+,28-27?. The second kappa shape index (κ2) is 12.3. The first kappa shape index (κ1) is 24.6. The molecule has 0 saturated heterocycles. The van der Waals surface area contributed by atoms with Crippen LogP contribution in [0.15, 0.2) is 68.4 Å². The molecule has 8 nitrogen and oxygen atoms in total. The van der Waals surface area contributed by atoms with Crippen LogP contribution in [-0.4, -0.2) is 46.4 Å². The number of carbonyl (C=O) groups excluding carboxylic acids is 1. The molecule has 9 heteroatoms. The van der Waals surface area contributed by atoms with Crippen LogP contribution >= 0.6 is 15.9 Å². The molecule has 0 aliphatic rings. The molecule has 33 heavy (non-hydrogen) atoms. The van der Waals surface area contributed by atoms with E-state index in [9.17, 15) is 9.90 Å². The largest absolute Gasteiger partial charge is 0.493 e. The molecule has 0 radical (unpaired) electrons. The summed E-state index contributed by atoms with van der Waals surface area (Å²) in [6.07, 6.45) is 3.54. The van der Waals surface area contributed by atoms with E-state index in [1.165, 1.54) is 6.21 Å². The van der Waals surface area contributed by atoms with Gasteiger partial charge in [0.05, 0.1) is 18.4 Å². The maximum atomic E-state index is 12.1. The molecule has 0 spiro atoms. The van der Waals surface area contributed by atoms with Crippen LogP contribution < -0.4 is 0 Å². The molecule has 0 atom stereocenters. The Hall–Kier alpha value is -3.04. The number of hydrogen-bond acceptors (Lipinski definition) is 6. The van der Waals surface area contributed by atoms with Crippen molar-refractivity contribution >= 4 is 44.6 Å². The summed E-state index contributed by atoms with van der Waals surface area (Å²) in [5.41, 5.74) is 1.92. The highest BCUT2D eigenvalue weighted by Crippen LogP contribution is 2.40. The van der Waals surface area contributed by atoms with Gasteiger partial charge in [-0.2, -0.15) is 0 Å². The van der Waals surface area contributed by atoms with E-state index in [2.05, 4.69) is 50.1 Å². The summed E-state index contributed by atoms with van der Waals surface area (Å²) in [7, 11) is 0. The molecule has 1 heterocycles. The van der Waals surface area contributed by atoms with E-state index in [4.69, 9.17) is 4.84 Å². The number of nitrogens with zero attached hydrogens (tertiary/aromatic N) is 5. The number of benzene rings is 2. The number of carbonyl (C=O) groups is 1. The summed E-state index contributed by atoms with van der Waals surface area (Å²) in [5.74, 6) is -0.631. The van der Waals surface area contributed by atoms with Crippen molar-refractivity contribution in [3.8, 4) is 5.88 Å². The average Bonchev–Trinajstić information content (AvgIpc) is 3.06. The first-order valence-electron chi connectivity index (χ1n) is 10.9. The van der Waals surface area contributed by atoms with Gasteiger partial charge in [0.25, 0.3) is 0 Å². The van der Waals surface area contributed by atoms with Crippen molar-refractivity contribution in [2.45, 2.75) is 33.4 Å². The molecule has 1 amide bonds. The summed E-state index contributed by atoms with van der Waals surface area (Å²) in [4.78, 5) is 19.4. The quantitative estimate of drug-likeness (QED) is 0.197. The zero-order valence-corrected chi connectivity index (χ0v) is 20.4. The Bertz CT molecular complexity index is 1120. The molecule has 1 aromatic heterocycles. The summed E-state index contributed by atoms with van der Waals surface area (Å²) < 4.78 is 2.64. The minimum atomic E-state index is -0.603. The van der Waals surface area contributed by atoms with Gasteiger partial charge in [0.1, 0.15) is 0 Å². The van der Waals surface area contributed by atoms with E-state index in [-0.39, 0.29) is 18.2 Å². The van der Waals surface area contributed by atoms with Crippen molar-refractivity contribution in [3.63, 3.8) is 0 Å². The zero-order chi connectivity index (χ0) is 23.6. The van der Waals surface area contributed by atoms with Crippen LogP contribution in [0.5, 0.6) is 5.88 Å². The Morgan fingerprint density at radius 3 is 2.58 bits per heavy atom. The summed E-state index contributed by atoms with van der Waals surface area (Å²) >= 11 is 3.47. The number of halogens is 1. The molecule has 0 unspecified atom stereocenters. The third-order valence-corrected chi connectivity index (χ3v) is 5.41. The molecule has 3 aromatic rings. The van der Waals surface area contributed by atoms with Crippen molar-refractivity contribution in [1.82, 2.24) is 9.47 Å². The van der Waals surface area contributed by atoms with E-state index in [1.807, 2.05) is 48.5 Å². The fourth-order valence-corrected chi connectivity index (χ4v) is 3.85. The molecule has 1 N–H and O–H groups in total. The number of fused-ring (bicyclic) bond motifs is 1. The summed E-state index contributed by atoms with van der Waals surface area (Å²) in [6.45, 7) is 6.26. The lowest BCUT2D eigenvalue weighted by Crippen LogP contribution is -2.27. The maximum Gasteiger partial charge on any atom is 0.304 e. The van der Waals surface area contributed by atoms with Crippen LogP contribution in [0.2, 0.25) is 0 Å². The van der Waals surface area contributed by atoms with Crippen LogP contribution in [0.25, 0.3) is 10.9 Å². The van der Waals surface area contributed by atoms with Crippen LogP contribution in [0.4, 0.5) is 5.69 Å². The molecule has 0 aliphatic heterocycles. The number of hydrogen-bond donors (Lipinski definition) is 1.